The van der Waals surface area contributed by atoms with Crippen LogP contribution < -0.4 is 0 Å². The fourth-order valence-electron chi connectivity index (χ4n) is 3.77. The molecule has 0 bridgehead atoms. The van der Waals surface area contributed by atoms with E-state index in [0.29, 0.717) is 13.1 Å². The Labute approximate surface area is 141 Å². The Hall–Kier alpha value is -2.18. The van der Waals surface area contributed by atoms with Gasteiger partial charge in [-0.15, -0.1) is 0 Å². The lowest BCUT2D eigenvalue weighted by Crippen LogP contribution is -2.46. The molecule has 0 unspecified atom stereocenters. The van der Waals surface area contributed by atoms with E-state index in [9.17, 15) is 9.90 Å². The second kappa shape index (κ2) is 6.37. The molecule has 0 aliphatic carbocycles. The standard InChI is InChI=1S/C18H22N4O2/c23-17-12-21(18(24)13-22-8-3-7-19-22)11-16(17)20-9-6-14-4-1-2-5-15(14)10-20/h1-5,7-8,16-17,23H,6,9-13H2/t16-,17-/m1/s1. The van der Waals surface area contributed by atoms with Gasteiger partial charge in [-0.05, 0) is 23.6 Å². The molecule has 0 saturated carbocycles. The third kappa shape index (κ3) is 2.95. The van der Waals surface area contributed by atoms with Crippen molar-refractivity contribution in [2.24, 2.45) is 0 Å². The number of β-amino-alcohol motifs (C(OH)–C–C–N with tert-alkyl or cyclic N) is 1. The first kappa shape index (κ1) is 15.4. The third-order valence-corrected chi connectivity index (χ3v) is 5.10. The predicted octanol–water partition coefficient (Wildman–Crippen LogP) is 0.513. The normalized spacial score (nSPS) is 24.1. The molecule has 4 rings (SSSR count). The van der Waals surface area contributed by atoms with E-state index in [-0.39, 0.29) is 18.5 Å². The highest BCUT2D eigenvalue weighted by molar-refractivity contribution is 5.76. The smallest absolute Gasteiger partial charge is 0.244 e. The summed E-state index contributed by atoms with van der Waals surface area (Å²) in [5.74, 6) is 0.0117. The number of carbonyl (C=O) groups excluding carboxylic acids is 1. The van der Waals surface area contributed by atoms with Gasteiger partial charge in [0.2, 0.25) is 5.91 Å². The lowest BCUT2D eigenvalue weighted by Gasteiger charge is -2.34. The summed E-state index contributed by atoms with van der Waals surface area (Å²) in [4.78, 5) is 16.5. The second-order valence-electron chi connectivity index (χ2n) is 6.63. The largest absolute Gasteiger partial charge is 0.390 e. The Morgan fingerprint density at radius 2 is 2.04 bits per heavy atom. The molecule has 6 heteroatoms. The molecule has 2 aliphatic rings. The highest BCUT2D eigenvalue weighted by atomic mass is 16.3. The van der Waals surface area contributed by atoms with Crippen molar-refractivity contribution in [3.8, 4) is 0 Å². The molecule has 126 valence electrons. The maximum absolute atomic E-state index is 12.4. The highest BCUT2D eigenvalue weighted by Crippen LogP contribution is 2.24. The zero-order valence-corrected chi connectivity index (χ0v) is 13.6. The molecule has 2 aromatic rings. The second-order valence-corrected chi connectivity index (χ2v) is 6.63. The van der Waals surface area contributed by atoms with Gasteiger partial charge in [0.15, 0.2) is 0 Å². The van der Waals surface area contributed by atoms with Gasteiger partial charge in [-0.2, -0.15) is 5.10 Å². The minimum absolute atomic E-state index is 0.0117. The Morgan fingerprint density at radius 1 is 1.21 bits per heavy atom. The van der Waals surface area contributed by atoms with Crippen LogP contribution in [0.5, 0.6) is 0 Å². The van der Waals surface area contributed by atoms with Gasteiger partial charge in [-0.25, -0.2) is 0 Å². The number of aromatic nitrogens is 2. The average Bonchev–Trinajstić information content (AvgIpc) is 3.24. The zero-order valence-electron chi connectivity index (χ0n) is 13.6. The number of nitrogens with zero attached hydrogens (tertiary/aromatic N) is 4. The molecule has 24 heavy (non-hydrogen) atoms. The molecular weight excluding hydrogens is 304 g/mol. The Morgan fingerprint density at radius 3 is 2.83 bits per heavy atom. The van der Waals surface area contributed by atoms with Crippen LogP contribution in [0.25, 0.3) is 0 Å². The van der Waals surface area contributed by atoms with Crippen molar-refractivity contribution < 1.29 is 9.90 Å². The first-order valence-electron chi connectivity index (χ1n) is 8.45. The fourth-order valence-corrected chi connectivity index (χ4v) is 3.77. The number of aliphatic hydroxyl groups excluding tert-OH is 1. The molecule has 1 aromatic carbocycles. The van der Waals surface area contributed by atoms with Crippen LogP contribution in [0.4, 0.5) is 0 Å². The van der Waals surface area contributed by atoms with Gasteiger partial charge in [0.1, 0.15) is 6.54 Å². The van der Waals surface area contributed by atoms with E-state index >= 15 is 0 Å². The number of likely N-dealkylation sites (tertiary alicyclic amines) is 1. The fraction of sp³-hybridized carbons (Fsp3) is 0.444. The number of aliphatic hydroxyl groups is 1. The van der Waals surface area contributed by atoms with Crippen LogP contribution in [0.3, 0.4) is 0 Å². The first-order chi connectivity index (χ1) is 11.7. The summed E-state index contributed by atoms with van der Waals surface area (Å²) < 4.78 is 1.62. The third-order valence-electron chi connectivity index (χ3n) is 5.10. The number of amides is 1. The highest BCUT2D eigenvalue weighted by Gasteiger charge is 2.38. The van der Waals surface area contributed by atoms with Crippen molar-refractivity contribution in [2.45, 2.75) is 31.7 Å². The molecule has 2 aliphatic heterocycles. The van der Waals surface area contributed by atoms with Gasteiger partial charge in [0.25, 0.3) is 0 Å². The topological polar surface area (TPSA) is 61.6 Å². The number of carbonyl (C=O) groups is 1. The molecule has 1 saturated heterocycles. The van der Waals surface area contributed by atoms with Crippen LogP contribution in [0.15, 0.2) is 42.7 Å². The molecule has 0 spiro atoms. The van der Waals surface area contributed by atoms with Crippen molar-refractivity contribution in [3.05, 3.63) is 53.9 Å². The summed E-state index contributed by atoms with van der Waals surface area (Å²) in [5, 5.41) is 14.6. The number of benzene rings is 1. The van der Waals surface area contributed by atoms with Gasteiger partial charge in [0.05, 0.1) is 12.1 Å². The summed E-state index contributed by atoms with van der Waals surface area (Å²) in [6, 6.07) is 10.3. The average molecular weight is 326 g/mol. The van der Waals surface area contributed by atoms with E-state index in [1.54, 1.807) is 28.0 Å². The van der Waals surface area contributed by atoms with Crippen LogP contribution in [-0.2, 0) is 24.3 Å². The van der Waals surface area contributed by atoms with E-state index in [1.807, 2.05) is 0 Å². The molecule has 3 heterocycles. The van der Waals surface area contributed by atoms with Crippen molar-refractivity contribution in [1.29, 1.82) is 0 Å². The molecule has 0 radical (unpaired) electrons. The molecule has 1 aromatic heterocycles. The van der Waals surface area contributed by atoms with Crippen LogP contribution in [0, 0.1) is 0 Å². The summed E-state index contributed by atoms with van der Waals surface area (Å²) in [6.45, 7) is 3.00. The zero-order chi connectivity index (χ0) is 16.5. The van der Waals surface area contributed by atoms with Crippen molar-refractivity contribution in [3.63, 3.8) is 0 Å². The number of fused-ring (bicyclic) bond motifs is 1. The summed E-state index contributed by atoms with van der Waals surface area (Å²) in [5.41, 5.74) is 2.73. The van der Waals surface area contributed by atoms with Crippen LogP contribution in [-0.4, -0.2) is 62.4 Å². The van der Waals surface area contributed by atoms with E-state index < -0.39 is 6.10 Å². The predicted molar refractivity (Wildman–Crippen MR) is 89.2 cm³/mol. The maximum Gasteiger partial charge on any atom is 0.244 e. The number of hydrogen-bond donors (Lipinski definition) is 1. The van der Waals surface area contributed by atoms with Crippen molar-refractivity contribution in [1.82, 2.24) is 19.6 Å². The number of rotatable bonds is 3. The lowest BCUT2D eigenvalue weighted by molar-refractivity contribution is -0.131. The molecule has 1 N–H and O–H groups in total. The number of hydrogen-bond acceptors (Lipinski definition) is 4. The SMILES string of the molecule is O=C(Cn1cccn1)N1C[C@@H](O)[C@H](N2CCc3ccccc3C2)C1. The van der Waals surface area contributed by atoms with Crippen LogP contribution in [0.2, 0.25) is 0 Å². The monoisotopic (exact) mass is 326 g/mol. The van der Waals surface area contributed by atoms with Crippen LogP contribution in [0.1, 0.15) is 11.1 Å². The quantitative estimate of drug-likeness (QED) is 0.893. The summed E-state index contributed by atoms with van der Waals surface area (Å²) in [6.07, 6.45) is 3.96. The van der Waals surface area contributed by atoms with Crippen molar-refractivity contribution >= 4 is 5.91 Å². The lowest BCUT2D eigenvalue weighted by atomic mass is 9.98. The summed E-state index contributed by atoms with van der Waals surface area (Å²) in [7, 11) is 0. The molecule has 6 nitrogen and oxygen atoms in total. The Kier molecular flexibility index (Phi) is 4.08. The minimum Gasteiger partial charge on any atom is -0.390 e. The van der Waals surface area contributed by atoms with E-state index in [2.05, 4.69) is 34.3 Å². The van der Waals surface area contributed by atoms with E-state index in [1.165, 1.54) is 11.1 Å². The minimum atomic E-state index is -0.489. The van der Waals surface area contributed by atoms with E-state index in [0.717, 1.165) is 19.5 Å². The Bertz CT molecular complexity index is 716. The van der Waals surface area contributed by atoms with Gasteiger partial charge in [0, 0.05) is 38.6 Å². The van der Waals surface area contributed by atoms with Crippen LogP contribution >= 0.6 is 0 Å². The van der Waals surface area contributed by atoms with Gasteiger partial charge < -0.3 is 10.0 Å². The molecule has 2 atom stereocenters. The summed E-state index contributed by atoms with van der Waals surface area (Å²) >= 11 is 0. The van der Waals surface area contributed by atoms with E-state index in [4.69, 9.17) is 0 Å². The Balaban J connectivity index is 1.41. The maximum atomic E-state index is 12.4. The van der Waals surface area contributed by atoms with Gasteiger partial charge in [-0.3, -0.25) is 14.4 Å². The molecule has 1 fully saturated rings. The van der Waals surface area contributed by atoms with Crippen molar-refractivity contribution in [2.75, 3.05) is 19.6 Å². The van der Waals surface area contributed by atoms with Gasteiger partial charge in [-0.1, -0.05) is 24.3 Å². The first-order valence-corrected chi connectivity index (χ1v) is 8.45. The van der Waals surface area contributed by atoms with Gasteiger partial charge >= 0.3 is 0 Å². The molecular formula is C18H22N4O2. The molecule has 1 amide bonds.